The highest BCUT2D eigenvalue weighted by atomic mass is 79.9. The van der Waals surface area contributed by atoms with E-state index in [1.54, 1.807) is 0 Å². The molecule has 0 aliphatic carbocycles. The Morgan fingerprint density at radius 2 is 2.12 bits per heavy atom. The van der Waals surface area contributed by atoms with Gasteiger partial charge in [0.15, 0.2) is 17.2 Å². The zero-order valence-corrected chi connectivity index (χ0v) is 9.75. The number of hydrogen-bond acceptors (Lipinski definition) is 2. The van der Waals surface area contributed by atoms with E-state index in [2.05, 4.69) is 26.0 Å². The van der Waals surface area contributed by atoms with Crippen LogP contribution < -0.4 is 5.56 Å². The van der Waals surface area contributed by atoms with E-state index in [4.69, 9.17) is 0 Å². The molecule has 1 aromatic carbocycles. The Hall–Kier alpha value is -1.76. The highest BCUT2D eigenvalue weighted by Crippen LogP contribution is 2.23. The van der Waals surface area contributed by atoms with Crippen LogP contribution in [0.2, 0.25) is 0 Å². The average Bonchev–Trinajstić information content (AvgIpc) is 2.68. The summed E-state index contributed by atoms with van der Waals surface area (Å²) in [5, 5.41) is 3.72. The van der Waals surface area contributed by atoms with E-state index in [1.807, 2.05) is 0 Å². The third-order valence-electron chi connectivity index (χ3n) is 2.48. The largest absolute Gasteiger partial charge is 0.316 e. The molecule has 0 fully saturated rings. The molecule has 4 nitrogen and oxygen atoms in total. The molecule has 0 spiro atoms. The second-order valence-electron chi connectivity index (χ2n) is 3.46. The standard InChI is InChI=1S/C10H4BrF2N3O/c11-4-1-2-6-8(7(4)13)15-10(17)9-5(12)3-14-16(6)9/h1-3H,(H,15,17). The number of nitrogens with zero attached hydrogens (tertiary/aromatic N) is 2. The van der Waals surface area contributed by atoms with E-state index in [-0.39, 0.29) is 15.5 Å². The van der Waals surface area contributed by atoms with Crippen molar-refractivity contribution >= 4 is 32.5 Å². The maximum Gasteiger partial charge on any atom is 0.277 e. The van der Waals surface area contributed by atoms with Crippen molar-refractivity contribution in [3.63, 3.8) is 0 Å². The topological polar surface area (TPSA) is 50.2 Å². The van der Waals surface area contributed by atoms with E-state index in [0.29, 0.717) is 5.52 Å². The van der Waals surface area contributed by atoms with E-state index in [1.165, 1.54) is 12.1 Å². The predicted molar refractivity (Wildman–Crippen MR) is 60.9 cm³/mol. The Kier molecular flexibility index (Phi) is 2.06. The van der Waals surface area contributed by atoms with Crippen LogP contribution in [0.25, 0.3) is 16.6 Å². The van der Waals surface area contributed by atoms with Crippen LogP contribution in [0, 0.1) is 11.6 Å². The highest BCUT2D eigenvalue weighted by Gasteiger charge is 2.14. The van der Waals surface area contributed by atoms with Crippen molar-refractivity contribution in [2.75, 3.05) is 0 Å². The summed E-state index contributed by atoms with van der Waals surface area (Å²) in [5.41, 5.74) is -0.659. The summed E-state index contributed by atoms with van der Waals surface area (Å²) in [6, 6.07) is 3.01. The summed E-state index contributed by atoms with van der Waals surface area (Å²) in [4.78, 5) is 13.9. The quantitative estimate of drug-likeness (QED) is 0.692. The van der Waals surface area contributed by atoms with E-state index in [9.17, 15) is 13.6 Å². The molecule has 7 heteroatoms. The van der Waals surface area contributed by atoms with E-state index >= 15 is 0 Å². The van der Waals surface area contributed by atoms with Gasteiger partial charge in [-0.2, -0.15) is 5.10 Å². The first-order chi connectivity index (χ1) is 8.09. The van der Waals surface area contributed by atoms with Gasteiger partial charge in [-0.05, 0) is 28.1 Å². The molecule has 86 valence electrons. The first kappa shape index (κ1) is 10.4. The van der Waals surface area contributed by atoms with Gasteiger partial charge in [0.2, 0.25) is 0 Å². The van der Waals surface area contributed by atoms with Crippen molar-refractivity contribution in [1.29, 1.82) is 0 Å². The van der Waals surface area contributed by atoms with Crippen LogP contribution in [0.3, 0.4) is 0 Å². The minimum absolute atomic E-state index is 0.0139. The van der Waals surface area contributed by atoms with Gasteiger partial charge >= 0.3 is 0 Å². The minimum atomic E-state index is -0.739. The Bertz CT molecular complexity index is 809. The molecular formula is C10H4BrF2N3O. The molecule has 0 bridgehead atoms. The van der Waals surface area contributed by atoms with Crippen molar-refractivity contribution in [2.45, 2.75) is 0 Å². The second kappa shape index (κ2) is 3.36. The maximum atomic E-state index is 13.8. The Morgan fingerprint density at radius 1 is 1.35 bits per heavy atom. The summed E-state index contributed by atoms with van der Waals surface area (Å²) in [5.74, 6) is -1.35. The van der Waals surface area contributed by atoms with Crippen molar-refractivity contribution < 1.29 is 8.78 Å². The second-order valence-corrected chi connectivity index (χ2v) is 4.32. The molecule has 0 saturated carbocycles. The first-order valence-electron chi connectivity index (χ1n) is 4.63. The fraction of sp³-hybridized carbons (Fsp3) is 0. The normalized spacial score (nSPS) is 11.5. The monoisotopic (exact) mass is 299 g/mol. The van der Waals surface area contributed by atoms with Gasteiger partial charge in [-0.15, -0.1) is 0 Å². The van der Waals surface area contributed by atoms with Crippen LogP contribution in [-0.2, 0) is 0 Å². The van der Waals surface area contributed by atoms with Gasteiger partial charge in [-0.3, -0.25) is 4.79 Å². The van der Waals surface area contributed by atoms with Gasteiger partial charge in [0.25, 0.3) is 5.56 Å². The van der Waals surface area contributed by atoms with Gasteiger partial charge < -0.3 is 4.98 Å². The van der Waals surface area contributed by atoms with E-state index < -0.39 is 17.2 Å². The van der Waals surface area contributed by atoms with Crippen molar-refractivity contribution in [3.8, 4) is 0 Å². The summed E-state index contributed by atoms with van der Waals surface area (Å²) >= 11 is 3.01. The van der Waals surface area contributed by atoms with Crippen LogP contribution >= 0.6 is 15.9 Å². The van der Waals surface area contributed by atoms with Crippen LogP contribution in [0.4, 0.5) is 8.78 Å². The van der Waals surface area contributed by atoms with Gasteiger partial charge in [0.05, 0.1) is 16.2 Å². The average molecular weight is 300 g/mol. The lowest BCUT2D eigenvalue weighted by Crippen LogP contribution is -2.12. The SMILES string of the molecule is O=c1[nH]c2c(F)c(Br)ccc2n2ncc(F)c12. The number of aromatic nitrogens is 3. The molecule has 3 aromatic rings. The Morgan fingerprint density at radius 3 is 2.88 bits per heavy atom. The smallest absolute Gasteiger partial charge is 0.277 e. The third-order valence-corrected chi connectivity index (χ3v) is 3.09. The fourth-order valence-electron chi connectivity index (χ4n) is 1.72. The van der Waals surface area contributed by atoms with Crippen LogP contribution in [0.5, 0.6) is 0 Å². The Balaban J connectivity index is 2.67. The molecule has 17 heavy (non-hydrogen) atoms. The molecule has 0 unspecified atom stereocenters. The number of benzene rings is 1. The molecule has 0 saturated heterocycles. The molecule has 2 heterocycles. The molecule has 0 aliphatic rings. The first-order valence-corrected chi connectivity index (χ1v) is 5.42. The number of halogens is 3. The number of aromatic amines is 1. The molecule has 0 amide bonds. The van der Waals surface area contributed by atoms with Crippen LogP contribution in [0.15, 0.2) is 27.6 Å². The lowest BCUT2D eigenvalue weighted by atomic mass is 10.3. The Labute approximate surface area is 101 Å². The number of rotatable bonds is 0. The van der Waals surface area contributed by atoms with Crippen LogP contribution in [0.1, 0.15) is 0 Å². The van der Waals surface area contributed by atoms with Crippen molar-refractivity contribution in [2.24, 2.45) is 0 Å². The highest BCUT2D eigenvalue weighted by molar-refractivity contribution is 9.10. The maximum absolute atomic E-state index is 13.8. The molecule has 0 radical (unpaired) electrons. The lowest BCUT2D eigenvalue weighted by Gasteiger charge is -2.03. The fourth-order valence-corrected chi connectivity index (χ4v) is 2.05. The summed E-state index contributed by atoms with van der Waals surface area (Å²) in [7, 11) is 0. The molecule has 2 aromatic heterocycles. The zero-order valence-electron chi connectivity index (χ0n) is 8.17. The molecule has 0 aliphatic heterocycles. The van der Waals surface area contributed by atoms with Gasteiger partial charge in [0, 0.05) is 0 Å². The predicted octanol–water partition coefficient (Wildman–Crippen LogP) is 2.22. The number of fused-ring (bicyclic) bond motifs is 3. The number of nitrogens with one attached hydrogen (secondary N) is 1. The van der Waals surface area contributed by atoms with Crippen LogP contribution in [-0.4, -0.2) is 14.6 Å². The lowest BCUT2D eigenvalue weighted by molar-refractivity contribution is 0.628. The number of hydrogen-bond donors (Lipinski definition) is 1. The van der Waals surface area contributed by atoms with Crippen molar-refractivity contribution in [3.05, 3.63) is 44.8 Å². The van der Waals surface area contributed by atoms with Crippen molar-refractivity contribution in [1.82, 2.24) is 14.6 Å². The summed E-state index contributed by atoms with van der Waals surface area (Å²) < 4.78 is 28.4. The summed E-state index contributed by atoms with van der Waals surface area (Å²) in [6.45, 7) is 0. The molecule has 1 N–H and O–H groups in total. The molecular weight excluding hydrogens is 296 g/mol. The van der Waals surface area contributed by atoms with Gasteiger partial charge in [-0.1, -0.05) is 0 Å². The van der Waals surface area contributed by atoms with Gasteiger partial charge in [0.1, 0.15) is 5.52 Å². The minimum Gasteiger partial charge on any atom is -0.316 e. The number of H-pyrrole nitrogens is 1. The molecule has 3 rings (SSSR count). The third kappa shape index (κ3) is 1.32. The zero-order chi connectivity index (χ0) is 12.2. The summed E-state index contributed by atoms with van der Waals surface area (Å²) in [6.07, 6.45) is 0.921. The molecule has 0 atom stereocenters. The van der Waals surface area contributed by atoms with Gasteiger partial charge in [-0.25, -0.2) is 13.3 Å². The van der Waals surface area contributed by atoms with E-state index in [0.717, 1.165) is 10.7 Å².